The van der Waals surface area contributed by atoms with Gasteiger partial charge in [0.2, 0.25) is 0 Å². The summed E-state index contributed by atoms with van der Waals surface area (Å²) >= 11 is 5.75. The predicted octanol–water partition coefficient (Wildman–Crippen LogP) is 1.94. The number of carboxylic acids is 1. The monoisotopic (exact) mass is 298 g/mol. The minimum absolute atomic E-state index is 0.146. The quantitative estimate of drug-likeness (QED) is 0.661. The molecule has 0 aliphatic heterocycles. The zero-order chi connectivity index (χ0) is 14.9. The number of carbonyl (C=O) groups excluding carboxylic acids is 1. The van der Waals surface area contributed by atoms with E-state index < -0.39 is 29.0 Å². The van der Waals surface area contributed by atoms with Gasteiger partial charge in [-0.05, 0) is 25.0 Å². The minimum atomic E-state index is -1.16. The molecule has 106 valence electrons. The molecule has 0 radical (unpaired) electrons. The molecule has 1 aliphatic rings. The van der Waals surface area contributed by atoms with Crippen LogP contribution in [0.1, 0.15) is 23.2 Å². The molecule has 2 rings (SSSR count). The molecule has 1 aliphatic carbocycles. The topological polar surface area (TPSA) is 101 Å². The van der Waals surface area contributed by atoms with E-state index in [0.717, 1.165) is 4.90 Å². The fraction of sp³-hybridized carbons (Fsp3) is 0.333. The van der Waals surface area contributed by atoms with Crippen molar-refractivity contribution < 1.29 is 19.6 Å². The van der Waals surface area contributed by atoms with Gasteiger partial charge in [0.1, 0.15) is 17.1 Å². The molecule has 0 unspecified atom stereocenters. The highest BCUT2D eigenvalue weighted by Crippen LogP contribution is 2.33. The molecule has 1 aromatic rings. The Bertz CT molecular complexity index is 585. The Balaban J connectivity index is 2.39. The summed E-state index contributed by atoms with van der Waals surface area (Å²) in [6.45, 7) is -0.479. The number of nitro benzene ring substituents is 1. The highest BCUT2D eigenvalue weighted by atomic mass is 35.5. The van der Waals surface area contributed by atoms with Gasteiger partial charge in [0, 0.05) is 6.04 Å². The normalized spacial score (nSPS) is 13.8. The number of benzene rings is 1. The molecule has 0 spiro atoms. The third-order valence-electron chi connectivity index (χ3n) is 2.95. The van der Waals surface area contributed by atoms with Gasteiger partial charge in [-0.3, -0.25) is 19.7 Å². The van der Waals surface area contributed by atoms with Crippen molar-refractivity contribution in [3.63, 3.8) is 0 Å². The third kappa shape index (κ3) is 2.88. The smallest absolute Gasteiger partial charge is 0.323 e. The molecular weight excluding hydrogens is 288 g/mol. The number of hydrogen-bond acceptors (Lipinski definition) is 4. The van der Waals surface area contributed by atoms with Crippen LogP contribution >= 0.6 is 11.6 Å². The van der Waals surface area contributed by atoms with Crippen molar-refractivity contribution in [2.24, 2.45) is 0 Å². The molecule has 0 heterocycles. The summed E-state index contributed by atoms with van der Waals surface area (Å²) in [7, 11) is 0. The predicted molar refractivity (Wildman–Crippen MR) is 69.8 cm³/mol. The Hall–Kier alpha value is -2.15. The Morgan fingerprint density at radius 2 is 2.10 bits per heavy atom. The van der Waals surface area contributed by atoms with Crippen molar-refractivity contribution in [1.82, 2.24) is 4.90 Å². The number of hydrogen-bond donors (Lipinski definition) is 1. The van der Waals surface area contributed by atoms with Gasteiger partial charge < -0.3 is 10.0 Å². The van der Waals surface area contributed by atoms with E-state index >= 15 is 0 Å². The van der Waals surface area contributed by atoms with Gasteiger partial charge >= 0.3 is 11.7 Å². The Morgan fingerprint density at radius 3 is 2.60 bits per heavy atom. The van der Waals surface area contributed by atoms with E-state index in [4.69, 9.17) is 16.7 Å². The molecule has 20 heavy (non-hydrogen) atoms. The van der Waals surface area contributed by atoms with Crippen molar-refractivity contribution >= 4 is 29.2 Å². The van der Waals surface area contributed by atoms with Crippen LogP contribution in [-0.2, 0) is 4.79 Å². The van der Waals surface area contributed by atoms with Crippen molar-refractivity contribution in [1.29, 1.82) is 0 Å². The lowest BCUT2D eigenvalue weighted by molar-refractivity contribution is -0.385. The second-order valence-corrected chi connectivity index (χ2v) is 4.86. The number of carbonyl (C=O) groups is 2. The number of nitro groups is 1. The second-order valence-electron chi connectivity index (χ2n) is 4.45. The minimum Gasteiger partial charge on any atom is -0.480 e. The average molecular weight is 299 g/mol. The first-order valence-electron chi connectivity index (χ1n) is 5.87. The Morgan fingerprint density at radius 1 is 1.45 bits per heavy atom. The molecule has 0 saturated heterocycles. The first kappa shape index (κ1) is 14.3. The maximum Gasteiger partial charge on any atom is 0.323 e. The van der Waals surface area contributed by atoms with Crippen molar-refractivity contribution in [2.75, 3.05) is 6.54 Å². The first-order valence-corrected chi connectivity index (χ1v) is 6.25. The molecule has 1 amide bonds. The van der Waals surface area contributed by atoms with Gasteiger partial charge in [0.05, 0.1) is 4.92 Å². The molecular formula is C12H11ClN2O5. The van der Waals surface area contributed by atoms with E-state index in [1.54, 1.807) is 0 Å². The van der Waals surface area contributed by atoms with Crippen LogP contribution in [0.3, 0.4) is 0 Å². The second kappa shape index (κ2) is 5.46. The van der Waals surface area contributed by atoms with Crippen LogP contribution in [0.25, 0.3) is 0 Å². The summed E-state index contributed by atoms with van der Waals surface area (Å²) in [5.74, 6) is -1.83. The molecule has 8 heteroatoms. The van der Waals surface area contributed by atoms with E-state index in [2.05, 4.69) is 0 Å². The number of para-hydroxylation sites is 1. The fourth-order valence-corrected chi connectivity index (χ4v) is 2.17. The lowest BCUT2D eigenvalue weighted by Crippen LogP contribution is -2.37. The molecule has 1 aromatic carbocycles. The average Bonchev–Trinajstić information content (AvgIpc) is 3.18. The summed E-state index contributed by atoms with van der Waals surface area (Å²) in [4.78, 5) is 34.6. The number of aliphatic carboxylic acids is 1. The van der Waals surface area contributed by atoms with E-state index in [0.29, 0.717) is 12.8 Å². The van der Waals surface area contributed by atoms with Crippen LogP contribution in [0.4, 0.5) is 5.69 Å². The number of amides is 1. The summed E-state index contributed by atoms with van der Waals surface area (Å²) in [6.07, 6.45) is 1.40. The fourth-order valence-electron chi connectivity index (χ4n) is 1.93. The molecule has 1 N–H and O–H groups in total. The van der Waals surface area contributed by atoms with Gasteiger partial charge in [-0.2, -0.15) is 0 Å². The number of carboxylic acid groups (broad SMARTS) is 1. The lowest BCUT2D eigenvalue weighted by Gasteiger charge is -2.20. The number of halogens is 1. The van der Waals surface area contributed by atoms with Gasteiger partial charge in [0.25, 0.3) is 5.91 Å². The zero-order valence-corrected chi connectivity index (χ0v) is 11.0. The van der Waals surface area contributed by atoms with E-state index in [1.165, 1.54) is 18.2 Å². The molecule has 7 nitrogen and oxygen atoms in total. The summed E-state index contributed by atoms with van der Waals surface area (Å²) < 4.78 is 0. The van der Waals surface area contributed by atoms with Crippen molar-refractivity contribution in [3.8, 4) is 0 Å². The van der Waals surface area contributed by atoms with E-state index in [9.17, 15) is 19.7 Å². The maximum absolute atomic E-state index is 12.3. The van der Waals surface area contributed by atoms with Crippen molar-refractivity contribution in [3.05, 3.63) is 38.9 Å². The zero-order valence-electron chi connectivity index (χ0n) is 10.3. The molecule has 0 aromatic heterocycles. The molecule has 1 saturated carbocycles. The van der Waals surface area contributed by atoms with Crippen molar-refractivity contribution in [2.45, 2.75) is 18.9 Å². The summed E-state index contributed by atoms with van der Waals surface area (Å²) in [5, 5.41) is 19.7. The number of nitrogens with zero attached hydrogens (tertiary/aromatic N) is 2. The SMILES string of the molecule is O=C(O)CN(C(=O)c1cccc(Cl)c1[N+](=O)[O-])C1CC1. The molecule has 0 atom stereocenters. The van der Waals surface area contributed by atoms with Gasteiger partial charge in [0.15, 0.2) is 0 Å². The third-order valence-corrected chi connectivity index (χ3v) is 3.26. The van der Waals surface area contributed by atoms with Crippen LogP contribution in [0.2, 0.25) is 5.02 Å². The van der Waals surface area contributed by atoms with Crippen LogP contribution in [0.5, 0.6) is 0 Å². The van der Waals surface area contributed by atoms with E-state index in [-0.39, 0.29) is 16.6 Å². The lowest BCUT2D eigenvalue weighted by atomic mass is 10.1. The van der Waals surface area contributed by atoms with Crippen LogP contribution in [0, 0.1) is 10.1 Å². The maximum atomic E-state index is 12.3. The van der Waals surface area contributed by atoms with Crippen LogP contribution in [-0.4, -0.2) is 39.4 Å². The highest BCUT2D eigenvalue weighted by molar-refractivity contribution is 6.33. The molecule has 0 bridgehead atoms. The Kier molecular flexibility index (Phi) is 3.89. The summed E-state index contributed by atoms with van der Waals surface area (Å²) in [6, 6.07) is 3.85. The Labute approximate surface area is 118 Å². The van der Waals surface area contributed by atoms with Crippen LogP contribution < -0.4 is 0 Å². The molecule has 1 fully saturated rings. The van der Waals surface area contributed by atoms with Crippen LogP contribution in [0.15, 0.2) is 18.2 Å². The van der Waals surface area contributed by atoms with Gasteiger partial charge in [-0.1, -0.05) is 17.7 Å². The standard InChI is InChI=1S/C12H11ClN2O5/c13-9-3-1-2-8(11(9)15(19)20)12(18)14(6-10(16)17)7-4-5-7/h1-3,7H,4-6H2,(H,16,17). The van der Waals surface area contributed by atoms with Gasteiger partial charge in [-0.15, -0.1) is 0 Å². The largest absolute Gasteiger partial charge is 0.480 e. The summed E-state index contributed by atoms with van der Waals surface area (Å²) in [5.41, 5.74) is -0.675. The number of rotatable bonds is 5. The van der Waals surface area contributed by atoms with Gasteiger partial charge in [-0.25, -0.2) is 0 Å². The first-order chi connectivity index (χ1) is 9.41. The van der Waals surface area contributed by atoms with E-state index in [1.807, 2.05) is 0 Å². The highest BCUT2D eigenvalue weighted by Gasteiger charge is 2.37.